The molecule has 0 saturated carbocycles. The standard InChI is InChI=1S/C44H41N7O/c1-4-16-40-46-39(29-45)41(42(52)31(2)3)50(40)30-32-25-27-33(28-26-32)37-23-14-15-24-38(37)43-47-48-49-51(43)44(34-17-8-5-9-18-34,35-19-10-6-11-20-35)36-21-12-7-13-22-36/h5-15,17-28,31,42,52H,4,16,30H2,1-3H3. The highest BCUT2D eigenvalue weighted by atomic mass is 16.3. The van der Waals surface area contributed by atoms with Gasteiger partial charge in [-0.15, -0.1) is 5.10 Å². The van der Waals surface area contributed by atoms with Crippen LogP contribution in [-0.2, 0) is 18.5 Å². The second-order valence-corrected chi connectivity index (χ2v) is 13.4. The van der Waals surface area contributed by atoms with Gasteiger partial charge in [0.15, 0.2) is 11.5 Å². The minimum atomic E-state index is -0.874. The molecule has 2 heterocycles. The predicted octanol–water partition coefficient (Wildman–Crippen LogP) is 8.61. The van der Waals surface area contributed by atoms with Gasteiger partial charge in [-0.1, -0.05) is 160 Å². The van der Waals surface area contributed by atoms with Crippen LogP contribution in [0.1, 0.15) is 72.8 Å². The molecule has 1 unspecified atom stereocenters. The van der Waals surface area contributed by atoms with Crippen molar-refractivity contribution in [1.29, 1.82) is 5.26 Å². The molecule has 2 aromatic heterocycles. The van der Waals surface area contributed by atoms with Gasteiger partial charge in [0.05, 0.1) is 11.8 Å². The Kier molecular flexibility index (Phi) is 9.88. The molecule has 258 valence electrons. The van der Waals surface area contributed by atoms with Gasteiger partial charge in [0.25, 0.3) is 0 Å². The number of tetrazole rings is 1. The van der Waals surface area contributed by atoms with Crippen molar-refractivity contribution < 1.29 is 5.11 Å². The highest BCUT2D eigenvalue weighted by Gasteiger charge is 2.42. The van der Waals surface area contributed by atoms with Crippen molar-refractivity contribution >= 4 is 0 Å². The monoisotopic (exact) mass is 683 g/mol. The van der Waals surface area contributed by atoms with E-state index in [2.05, 4.69) is 132 Å². The van der Waals surface area contributed by atoms with Crippen molar-refractivity contribution in [3.8, 4) is 28.6 Å². The van der Waals surface area contributed by atoms with Gasteiger partial charge < -0.3 is 9.67 Å². The Labute approximate surface area is 304 Å². The number of aliphatic hydroxyl groups excluding tert-OH is 1. The molecule has 8 nitrogen and oxygen atoms in total. The first-order valence-corrected chi connectivity index (χ1v) is 17.8. The molecule has 0 aliphatic carbocycles. The molecule has 5 aromatic carbocycles. The van der Waals surface area contributed by atoms with Gasteiger partial charge in [0.2, 0.25) is 0 Å². The molecule has 0 radical (unpaired) electrons. The maximum absolute atomic E-state index is 11.1. The first kappa shape index (κ1) is 34.3. The number of rotatable bonds is 12. The van der Waals surface area contributed by atoms with Crippen molar-refractivity contribution in [3.63, 3.8) is 0 Å². The third-order valence-corrected chi connectivity index (χ3v) is 9.71. The lowest BCUT2D eigenvalue weighted by molar-refractivity contribution is 0.118. The fourth-order valence-electron chi connectivity index (χ4n) is 7.19. The molecule has 1 atom stereocenters. The number of hydrogen-bond donors (Lipinski definition) is 1. The average molecular weight is 684 g/mol. The maximum atomic E-state index is 11.1. The first-order chi connectivity index (χ1) is 25.5. The summed E-state index contributed by atoms with van der Waals surface area (Å²) in [4.78, 5) is 4.64. The van der Waals surface area contributed by atoms with Crippen molar-refractivity contribution in [2.75, 3.05) is 0 Å². The molecule has 0 amide bonds. The largest absolute Gasteiger partial charge is 0.387 e. The Morgan fingerprint density at radius 2 is 1.27 bits per heavy atom. The minimum absolute atomic E-state index is 0.0585. The molecular weight excluding hydrogens is 643 g/mol. The van der Waals surface area contributed by atoms with Crippen LogP contribution in [0.15, 0.2) is 140 Å². The van der Waals surface area contributed by atoms with Gasteiger partial charge in [-0.2, -0.15) is 5.26 Å². The van der Waals surface area contributed by atoms with Gasteiger partial charge in [0.1, 0.15) is 17.4 Å². The van der Waals surface area contributed by atoms with Gasteiger partial charge in [-0.05, 0) is 56.1 Å². The molecule has 0 saturated heterocycles. The number of aliphatic hydroxyl groups is 1. The van der Waals surface area contributed by atoms with Gasteiger partial charge >= 0.3 is 0 Å². The molecule has 7 aromatic rings. The predicted molar refractivity (Wildman–Crippen MR) is 203 cm³/mol. The number of nitriles is 1. The lowest BCUT2D eigenvalue weighted by atomic mass is 9.77. The van der Waals surface area contributed by atoms with E-state index in [1.165, 1.54) is 0 Å². The lowest BCUT2D eigenvalue weighted by Gasteiger charge is -2.36. The van der Waals surface area contributed by atoms with Gasteiger partial charge in [-0.3, -0.25) is 0 Å². The number of benzene rings is 5. The summed E-state index contributed by atoms with van der Waals surface area (Å²) >= 11 is 0. The molecule has 8 heteroatoms. The zero-order valence-electron chi connectivity index (χ0n) is 29.6. The third kappa shape index (κ3) is 6.21. The Morgan fingerprint density at radius 3 is 1.79 bits per heavy atom. The zero-order chi connectivity index (χ0) is 36.1. The summed E-state index contributed by atoms with van der Waals surface area (Å²) in [6.45, 7) is 6.50. The second kappa shape index (κ2) is 15.0. The van der Waals surface area contributed by atoms with E-state index in [-0.39, 0.29) is 5.92 Å². The van der Waals surface area contributed by atoms with Crippen LogP contribution in [0.5, 0.6) is 0 Å². The summed E-state index contributed by atoms with van der Waals surface area (Å²) in [5.41, 5.74) is 7.05. The minimum Gasteiger partial charge on any atom is -0.387 e. The molecule has 0 aliphatic rings. The van der Waals surface area contributed by atoms with E-state index in [1.54, 1.807) is 0 Å². The van der Waals surface area contributed by atoms with Gasteiger partial charge in [0, 0.05) is 18.5 Å². The molecule has 0 bridgehead atoms. The van der Waals surface area contributed by atoms with Crippen LogP contribution in [0, 0.1) is 17.2 Å². The quantitative estimate of drug-likeness (QED) is 0.129. The summed E-state index contributed by atoms with van der Waals surface area (Å²) in [7, 11) is 0. The average Bonchev–Trinajstić information content (AvgIpc) is 3.82. The Bertz CT molecular complexity index is 2190. The van der Waals surface area contributed by atoms with Crippen LogP contribution in [-0.4, -0.2) is 34.9 Å². The molecule has 0 fully saturated rings. The van der Waals surface area contributed by atoms with E-state index in [9.17, 15) is 10.4 Å². The first-order valence-electron chi connectivity index (χ1n) is 17.8. The van der Waals surface area contributed by atoms with Crippen LogP contribution in [0.25, 0.3) is 22.5 Å². The smallest absolute Gasteiger partial charge is 0.184 e. The van der Waals surface area contributed by atoms with Crippen molar-refractivity contribution in [2.45, 2.75) is 51.8 Å². The Hall–Kier alpha value is -6.17. The van der Waals surface area contributed by atoms with Crippen molar-refractivity contribution in [2.24, 2.45) is 5.92 Å². The number of aryl methyl sites for hydroxylation is 1. The molecular formula is C44H41N7O. The number of hydrogen-bond acceptors (Lipinski definition) is 6. The van der Waals surface area contributed by atoms with Crippen LogP contribution in [0.2, 0.25) is 0 Å². The number of nitrogens with zero attached hydrogens (tertiary/aromatic N) is 7. The van der Waals surface area contributed by atoms with E-state index in [4.69, 9.17) is 10.3 Å². The SMILES string of the molecule is CCCc1nc(C#N)c(C(O)C(C)C)n1Cc1ccc(-c2ccccc2-c2nnnn2C(c2ccccc2)(c2ccccc2)c2ccccc2)cc1. The summed E-state index contributed by atoms with van der Waals surface area (Å²) in [5.74, 6) is 1.39. The number of aromatic nitrogens is 6. The van der Waals surface area contributed by atoms with Crippen LogP contribution in [0.3, 0.4) is 0 Å². The van der Waals surface area contributed by atoms with Crippen LogP contribution < -0.4 is 0 Å². The number of imidazole rings is 1. The molecule has 7 rings (SSSR count). The Balaban J connectivity index is 1.34. The topological polar surface area (TPSA) is 105 Å². The van der Waals surface area contributed by atoms with E-state index >= 15 is 0 Å². The van der Waals surface area contributed by atoms with E-state index < -0.39 is 11.6 Å². The fraction of sp³-hybridized carbons (Fsp3) is 0.205. The van der Waals surface area contributed by atoms with E-state index in [1.807, 2.05) is 53.4 Å². The van der Waals surface area contributed by atoms with Crippen LogP contribution >= 0.6 is 0 Å². The van der Waals surface area contributed by atoms with Crippen LogP contribution in [0.4, 0.5) is 0 Å². The zero-order valence-corrected chi connectivity index (χ0v) is 29.6. The fourth-order valence-corrected chi connectivity index (χ4v) is 7.19. The molecule has 0 spiro atoms. The maximum Gasteiger partial charge on any atom is 0.184 e. The highest BCUT2D eigenvalue weighted by molar-refractivity contribution is 5.81. The lowest BCUT2D eigenvalue weighted by Crippen LogP contribution is -2.39. The molecule has 52 heavy (non-hydrogen) atoms. The summed E-state index contributed by atoms with van der Waals surface area (Å²) in [6.07, 6.45) is 0.810. The highest BCUT2D eigenvalue weighted by Crippen LogP contribution is 2.43. The second-order valence-electron chi connectivity index (χ2n) is 13.4. The summed E-state index contributed by atoms with van der Waals surface area (Å²) < 4.78 is 3.99. The van der Waals surface area contributed by atoms with E-state index in [0.717, 1.165) is 57.6 Å². The van der Waals surface area contributed by atoms with Crippen molar-refractivity contribution in [1.82, 2.24) is 29.8 Å². The summed E-state index contributed by atoms with van der Waals surface area (Å²) in [6, 6.07) is 50.1. The van der Waals surface area contributed by atoms with Gasteiger partial charge in [-0.25, -0.2) is 9.67 Å². The molecule has 0 aliphatic heterocycles. The third-order valence-electron chi connectivity index (χ3n) is 9.71. The summed E-state index contributed by atoms with van der Waals surface area (Å²) in [5, 5.41) is 34.8. The van der Waals surface area contributed by atoms with Crippen molar-refractivity contribution in [3.05, 3.63) is 179 Å². The van der Waals surface area contributed by atoms with E-state index in [0.29, 0.717) is 23.8 Å². The molecule has 1 N–H and O–H groups in total. The normalized spacial score (nSPS) is 12.2. The Morgan fingerprint density at radius 1 is 0.731 bits per heavy atom.